The van der Waals surface area contributed by atoms with Crippen molar-refractivity contribution in [1.29, 1.82) is 0 Å². The number of fused-ring (bicyclic) bond motifs is 1. The van der Waals surface area contributed by atoms with Crippen LogP contribution in [0.3, 0.4) is 0 Å². The second-order valence-electron chi connectivity index (χ2n) is 6.64. The van der Waals surface area contributed by atoms with E-state index in [0.717, 1.165) is 0 Å². The molecule has 2 aromatic heterocycles. The number of rotatable bonds is 6. The molecule has 3 N–H and O–H groups in total. The number of primary amides is 1. The number of hydrogen-bond acceptors (Lipinski definition) is 6. The highest BCUT2D eigenvalue weighted by Crippen LogP contribution is 2.29. The van der Waals surface area contributed by atoms with Crippen LogP contribution in [0.5, 0.6) is 5.75 Å². The van der Waals surface area contributed by atoms with Crippen molar-refractivity contribution in [3.63, 3.8) is 0 Å². The number of nitrogens with two attached hydrogens (primary N) is 1. The van der Waals surface area contributed by atoms with Crippen molar-refractivity contribution < 1.29 is 18.7 Å². The molecule has 3 rings (SSSR count). The zero-order valence-corrected chi connectivity index (χ0v) is 15.3. The van der Waals surface area contributed by atoms with Crippen LogP contribution in [-0.4, -0.2) is 27.6 Å². The van der Waals surface area contributed by atoms with Crippen molar-refractivity contribution in [2.45, 2.75) is 32.9 Å². The molecular formula is C19H20N4O4. The molecule has 0 atom stereocenters. The molecule has 140 valence electrons. The minimum Gasteiger partial charge on any atom is -0.487 e. The molecule has 0 spiro atoms. The summed E-state index contributed by atoms with van der Waals surface area (Å²) in [6.45, 7) is 5.01. The van der Waals surface area contributed by atoms with Crippen LogP contribution in [0.25, 0.3) is 11.0 Å². The number of carbonyl (C=O) groups excluding carboxylic acids is 2. The maximum atomic E-state index is 12.7. The summed E-state index contributed by atoms with van der Waals surface area (Å²) in [5, 5.41) is 11.0. The van der Waals surface area contributed by atoms with Gasteiger partial charge in [-0.2, -0.15) is 10.2 Å². The number of aryl methyl sites for hydroxylation is 1. The lowest BCUT2D eigenvalue weighted by Crippen LogP contribution is -2.53. The number of furan rings is 1. The minimum atomic E-state index is -1.19. The highest BCUT2D eigenvalue weighted by Gasteiger charge is 2.29. The molecule has 0 saturated carbocycles. The van der Waals surface area contributed by atoms with Crippen LogP contribution in [0.2, 0.25) is 0 Å². The molecule has 0 fully saturated rings. The van der Waals surface area contributed by atoms with Crippen LogP contribution in [0, 0.1) is 6.92 Å². The first kappa shape index (κ1) is 18.4. The Hall–Kier alpha value is -3.42. The number of hydrogen-bond donors (Lipinski definition) is 2. The Morgan fingerprint density at radius 1 is 1.30 bits per heavy atom. The highest BCUT2D eigenvalue weighted by molar-refractivity contribution is 6.09. The predicted molar refractivity (Wildman–Crippen MR) is 98.1 cm³/mol. The van der Waals surface area contributed by atoms with E-state index in [1.807, 2.05) is 0 Å². The summed E-state index contributed by atoms with van der Waals surface area (Å²) in [7, 11) is 0. The van der Waals surface area contributed by atoms with Gasteiger partial charge in [0, 0.05) is 11.6 Å². The number of amides is 2. The van der Waals surface area contributed by atoms with Crippen LogP contribution in [0.4, 0.5) is 0 Å². The molecule has 0 aliphatic rings. The monoisotopic (exact) mass is 368 g/mol. The molecule has 0 aliphatic carbocycles. The van der Waals surface area contributed by atoms with Gasteiger partial charge in [0.15, 0.2) is 0 Å². The lowest BCUT2D eigenvalue weighted by atomic mass is 10.0. The Bertz CT molecular complexity index is 996. The molecular weight excluding hydrogens is 348 g/mol. The van der Waals surface area contributed by atoms with Crippen molar-refractivity contribution >= 4 is 22.8 Å². The zero-order chi connectivity index (χ0) is 19.6. The van der Waals surface area contributed by atoms with Crippen LogP contribution in [0.15, 0.2) is 40.9 Å². The molecule has 2 amide bonds. The van der Waals surface area contributed by atoms with E-state index in [9.17, 15) is 9.59 Å². The van der Waals surface area contributed by atoms with Gasteiger partial charge in [0.05, 0.1) is 5.56 Å². The van der Waals surface area contributed by atoms with Gasteiger partial charge in [-0.1, -0.05) is 0 Å². The van der Waals surface area contributed by atoms with E-state index in [0.29, 0.717) is 33.7 Å². The second kappa shape index (κ2) is 7.06. The third-order valence-corrected chi connectivity index (χ3v) is 4.12. The van der Waals surface area contributed by atoms with Crippen LogP contribution >= 0.6 is 0 Å². The third-order valence-electron chi connectivity index (χ3n) is 4.12. The van der Waals surface area contributed by atoms with E-state index >= 15 is 0 Å². The van der Waals surface area contributed by atoms with E-state index in [-0.39, 0.29) is 6.61 Å². The van der Waals surface area contributed by atoms with Gasteiger partial charge in [-0.15, -0.1) is 0 Å². The summed E-state index contributed by atoms with van der Waals surface area (Å²) >= 11 is 0. The number of carbonyl (C=O) groups is 2. The van der Waals surface area contributed by atoms with Crippen molar-refractivity contribution in [1.82, 2.24) is 15.5 Å². The van der Waals surface area contributed by atoms with E-state index in [2.05, 4.69) is 15.5 Å². The van der Waals surface area contributed by atoms with Gasteiger partial charge in [0.1, 0.15) is 34.9 Å². The summed E-state index contributed by atoms with van der Waals surface area (Å²) in [5.41, 5.74) is 5.71. The lowest BCUT2D eigenvalue weighted by molar-refractivity contribution is -0.122. The van der Waals surface area contributed by atoms with E-state index in [4.69, 9.17) is 14.9 Å². The van der Waals surface area contributed by atoms with Gasteiger partial charge in [0.2, 0.25) is 5.91 Å². The van der Waals surface area contributed by atoms with E-state index < -0.39 is 17.4 Å². The smallest absolute Gasteiger partial charge is 0.256 e. The molecule has 27 heavy (non-hydrogen) atoms. The number of ether oxygens (including phenoxy) is 1. The fourth-order valence-electron chi connectivity index (χ4n) is 2.55. The Kier molecular flexibility index (Phi) is 4.81. The van der Waals surface area contributed by atoms with Gasteiger partial charge >= 0.3 is 0 Å². The standard InChI is InChI=1S/C19H20N4O4/c1-11-16(17(24)22-19(2,3)18(20)25)14-9-13(6-7-15(14)27-11)26-10-12-5-4-8-21-23-12/h4-9H,10H2,1-3H3,(H2,20,25)(H,22,24). The molecule has 8 nitrogen and oxygen atoms in total. The average molecular weight is 368 g/mol. The molecule has 3 aromatic rings. The fraction of sp³-hybridized carbons (Fsp3) is 0.263. The predicted octanol–water partition coefficient (Wildman–Crippen LogP) is 2.10. The largest absolute Gasteiger partial charge is 0.487 e. The molecule has 8 heteroatoms. The maximum absolute atomic E-state index is 12.7. The SMILES string of the molecule is Cc1oc2ccc(OCc3cccnn3)cc2c1C(=O)NC(C)(C)C(N)=O. The number of nitrogens with zero attached hydrogens (tertiary/aromatic N) is 2. The maximum Gasteiger partial charge on any atom is 0.256 e. The number of benzene rings is 1. The van der Waals surface area contributed by atoms with Gasteiger partial charge in [-0.05, 0) is 51.1 Å². The summed E-state index contributed by atoms with van der Waals surface area (Å²) in [6.07, 6.45) is 1.59. The van der Waals surface area contributed by atoms with E-state index in [1.54, 1.807) is 57.3 Å². The summed E-state index contributed by atoms with van der Waals surface area (Å²) in [6, 6.07) is 8.77. The van der Waals surface area contributed by atoms with Crippen LogP contribution < -0.4 is 15.8 Å². The van der Waals surface area contributed by atoms with Crippen molar-refractivity contribution in [3.05, 3.63) is 53.5 Å². The van der Waals surface area contributed by atoms with Crippen LogP contribution in [-0.2, 0) is 11.4 Å². The minimum absolute atomic E-state index is 0.242. The molecule has 0 aliphatic heterocycles. The highest BCUT2D eigenvalue weighted by atomic mass is 16.5. The van der Waals surface area contributed by atoms with Crippen molar-refractivity contribution in [3.8, 4) is 5.75 Å². The fourth-order valence-corrected chi connectivity index (χ4v) is 2.55. The summed E-state index contributed by atoms with van der Waals surface area (Å²) in [4.78, 5) is 24.2. The normalized spacial score (nSPS) is 11.4. The van der Waals surface area contributed by atoms with Crippen LogP contribution in [0.1, 0.15) is 35.7 Å². The molecule has 0 radical (unpaired) electrons. The molecule has 0 saturated heterocycles. The van der Waals surface area contributed by atoms with E-state index in [1.165, 1.54) is 0 Å². The lowest BCUT2D eigenvalue weighted by Gasteiger charge is -2.22. The van der Waals surface area contributed by atoms with Crippen molar-refractivity contribution in [2.24, 2.45) is 5.73 Å². The van der Waals surface area contributed by atoms with Crippen molar-refractivity contribution in [2.75, 3.05) is 0 Å². The Balaban J connectivity index is 1.88. The Labute approximate surface area is 155 Å². The topological polar surface area (TPSA) is 120 Å². The molecule has 2 heterocycles. The van der Waals surface area contributed by atoms with Gasteiger partial charge in [-0.25, -0.2) is 0 Å². The first-order chi connectivity index (χ1) is 12.8. The van der Waals surface area contributed by atoms with Gasteiger partial charge in [0.25, 0.3) is 5.91 Å². The zero-order valence-electron chi connectivity index (χ0n) is 15.3. The average Bonchev–Trinajstić information content (AvgIpc) is 2.95. The van der Waals surface area contributed by atoms with Gasteiger partial charge in [-0.3, -0.25) is 9.59 Å². The number of nitrogens with one attached hydrogen (secondary N) is 1. The summed E-state index contributed by atoms with van der Waals surface area (Å²) < 4.78 is 11.4. The van der Waals surface area contributed by atoms with Gasteiger partial charge < -0.3 is 20.2 Å². The number of aromatic nitrogens is 2. The quantitative estimate of drug-likeness (QED) is 0.687. The second-order valence-corrected chi connectivity index (χ2v) is 6.64. The Morgan fingerprint density at radius 2 is 2.07 bits per heavy atom. The molecule has 1 aromatic carbocycles. The first-order valence-electron chi connectivity index (χ1n) is 8.33. The Morgan fingerprint density at radius 3 is 2.74 bits per heavy atom. The third kappa shape index (κ3) is 3.89. The molecule has 0 bridgehead atoms. The first-order valence-corrected chi connectivity index (χ1v) is 8.33. The summed E-state index contributed by atoms with van der Waals surface area (Å²) in [5.74, 6) is -0.0820. The molecule has 0 unspecified atom stereocenters.